The number of carbonyl (C=O) groups is 1. The summed E-state index contributed by atoms with van der Waals surface area (Å²) in [5, 5.41) is 38.7. The normalized spacial score (nSPS) is 33.8. The predicted molar refractivity (Wildman–Crippen MR) is 174 cm³/mol. The second kappa shape index (κ2) is 15.3. The maximum Gasteiger partial charge on any atom is 0.240 e. The molecule has 1 amide bonds. The molecule has 2 aromatic rings. The van der Waals surface area contributed by atoms with Gasteiger partial charge in [-0.2, -0.15) is 0 Å². The summed E-state index contributed by atoms with van der Waals surface area (Å²) in [5.41, 5.74) is 1.33. The van der Waals surface area contributed by atoms with Gasteiger partial charge in [0, 0.05) is 35.7 Å². The van der Waals surface area contributed by atoms with E-state index in [4.69, 9.17) is 9.47 Å². The molecule has 0 spiro atoms. The lowest BCUT2D eigenvalue weighted by molar-refractivity contribution is -0.205. The molecule has 0 bridgehead atoms. The lowest BCUT2D eigenvalue weighted by Gasteiger charge is -2.44. The van der Waals surface area contributed by atoms with Crippen molar-refractivity contribution in [2.75, 3.05) is 19.4 Å². The molecule has 5 rings (SSSR count). The minimum atomic E-state index is -1.40. The molecule has 11 atom stereocenters. The molecule has 4 heterocycles. The minimum absolute atomic E-state index is 0.207. The number of amides is 1. The third kappa shape index (κ3) is 7.81. The molecule has 0 saturated carbocycles. The van der Waals surface area contributed by atoms with Gasteiger partial charge in [-0.3, -0.25) is 9.78 Å². The smallest absolute Gasteiger partial charge is 0.240 e. The van der Waals surface area contributed by atoms with Crippen LogP contribution in [0, 0.1) is 17.8 Å². The van der Waals surface area contributed by atoms with Gasteiger partial charge in [-0.1, -0.05) is 39.0 Å². The van der Waals surface area contributed by atoms with E-state index in [1.807, 2.05) is 49.5 Å². The quantitative estimate of drug-likeness (QED) is 0.245. The summed E-state index contributed by atoms with van der Waals surface area (Å²) in [4.78, 5) is 19.2. The third-order valence-electron chi connectivity index (χ3n) is 9.13. The van der Waals surface area contributed by atoms with Crippen LogP contribution < -0.4 is 10.6 Å². The number of aliphatic hydroxyl groups is 3. The van der Waals surface area contributed by atoms with Crippen LogP contribution >= 0.6 is 23.5 Å². The highest BCUT2D eigenvalue weighted by Crippen LogP contribution is 2.36. The van der Waals surface area contributed by atoms with Crippen LogP contribution in [0.1, 0.15) is 40.0 Å². The van der Waals surface area contributed by atoms with Gasteiger partial charge in [0.1, 0.15) is 35.9 Å². The van der Waals surface area contributed by atoms with E-state index in [0.717, 1.165) is 41.8 Å². The summed E-state index contributed by atoms with van der Waals surface area (Å²) >= 11 is 2.82. The second-order valence-electron chi connectivity index (χ2n) is 12.8. The van der Waals surface area contributed by atoms with E-state index in [-0.39, 0.29) is 23.2 Å². The SMILES string of the molecule is CS[C@H]1O[C@H]([C@H](NC(=O)[C@H]2NC[C@@H]3C[C@H](CC(C)C)CCO[C@H]32)[C@H](C)Sc2ccc(-c3cccnc3)cc2)[C@H](O)[C@H](O)[C@H]1O. The van der Waals surface area contributed by atoms with E-state index >= 15 is 0 Å². The van der Waals surface area contributed by atoms with Gasteiger partial charge in [0.15, 0.2) is 0 Å². The Bertz CT molecular complexity index is 1210. The van der Waals surface area contributed by atoms with Crippen LogP contribution in [0.25, 0.3) is 11.1 Å². The first-order chi connectivity index (χ1) is 21.2. The Hall–Kier alpha value is -1.70. The second-order valence-corrected chi connectivity index (χ2v) is 15.2. The molecule has 5 N–H and O–H groups in total. The molecule has 0 unspecified atom stereocenters. The number of fused-ring (bicyclic) bond motifs is 1. The van der Waals surface area contributed by atoms with Crippen LogP contribution in [-0.2, 0) is 14.3 Å². The highest BCUT2D eigenvalue weighted by Gasteiger charge is 2.50. The lowest BCUT2D eigenvalue weighted by Crippen LogP contribution is -2.65. The maximum absolute atomic E-state index is 14.0. The van der Waals surface area contributed by atoms with Crippen molar-refractivity contribution >= 4 is 29.4 Å². The van der Waals surface area contributed by atoms with Crippen molar-refractivity contribution in [3.63, 3.8) is 0 Å². The zero-order valence-corrected chi connectivity index (χ0v) is 27.5. The molecule has 1 aromatic carbocycles. The van der Waals surface area contributed by atoms with Crippen LogP contribution in [0.2, 0.25) is 0 Å². The van der Waals surface area contributed by atoms with Gasteiger partial charge in [-0.25, -0.2) is 0 Å². The number of thioether (sulfide) groups is 2. The molecule has 3 aliphatic rings. The minimum Gasteiger partial charge on any atom is -0.388 e. The van der Waals surface area contributed by atoms with Gasteiger partial charge >= 0.3 is 0 Å². The summed E-state index contributed by atoms with van der Waals surface area (Å²) in [6.45, 7) is 7.84. The Labute approximate surface area is 269 Å². The average molecular weight is 646 g/mol. The van der Waals surface area contributed by atoms with E-state index < -0.39 is 41.9 Å². The van der Waals surface area contributed by atoms with Crippen LogP contribution in [0.4, 0.5) is 0 Å². The molecule has 9 nitrogen and oxygen atoms in total. The molecule has 44 heavy (non-hydrogen) atoms. The molecular formula is C33H47N3O6S2. The van der Waals surface area contributed by atoms with Gasteiger partial charge in [0.25, 0.3) is 0 Å². The molecule has 242 valence electrons. The number of rotatable bonds is 10. The summed E-state index contributed by atoms with van der Waals surface area (Å²) in [6.07, 6.45) is 3.36. The van der Waals surface area contributed by atoms with Crippen molar-refractivity contribution in [1.82, 2.24) is 15.6 Å². The zero-order chi connectivity index (χ0) is 31.4. The molecule has 3 aliphatic heterocycles. The van der Waals surface area contributed by atoms with E-state index in [1.54, 1.807) is 24.2 Å². The number of hydrogen-bond acceptors (Lipinski definition) is 10. The number of aliphatic hydroxyl groups excluding tert-OH is 3. The maximum atomic E-state index is 14.0. The van der Waals surface area contributed by atoms with Gasteiger partial charge in [0.2, 0.25) is 5.91 Å². The number of ether oxygens (including phenoxy) is 2. The third-order valence-corrected chi connectivity index (χ3v) is 11.2. The number of carbonyl (C=O) groups excluding carboxylic acids is 1. The Morgan fingerprint density at radius 3 is 2.55 bits per heavy atom. The first-order valence-corrected chi connectivity index (χ1v) is 17.9. The Morgan fingerprint density at radius 1 is 1.09 bits per heavy atom. The summed E-state index contributed by atoms with van der Waals surface area (Å²) in [7, 11) is 0. The molecular weight excluding hydrogens is 599 g/mol. The first kappa shape index (κ1) is 33.7. The van der Waals surface area contributed by atoms with Crippen molar-refractivity contribution in [3.8, 4) is 11.1 Å². The van der Waals surface area contributed by atoms with Crippen molar-refractivity contribution in [2.45, 2.75) is 98.2 Å². The molecule has 1 aromatic heterocycles. The summed E-state index contributed by atoms with van der Waals surface area (Å²) in [6, 6.07) is 10.8. The van der Waals surface area contributed by atoms with E-state index in [2.05, 4.69) is 29.5 Å². The highest BCUT2D eigenvalue weighted by atomic mass is 32.2. The molecule has 3 fully saturated rings. The van der Waals surface area contributed by atoms with Crippen LogP contribution in [0.15, 0.2) is 53.7 Å². The number of nitrogens with zero attached hydrogens (tertiary/aromatic N) is 1. The van der Waals surface area contributed by atoms with Crippen LogP contribution in [0.5, 0.6) is 0 Å². The lowest BCUT2D eigenvalue weighted by atomic mass is 9.85. The van der Waals surface area contributed by atoms with Gasteiger partial charge < -0.3 is 35.4 Å². The molecule has 0 aliphatic carbocycles. The van der Waals surface area contributed by atoms with E-state index in [9.17, 15) is 20.1 Å². The first-order valence-electron chi connectivity index (χ1n) is 15.7. The van der Waals surface area contributed by atoms with Crippen molar-refractivity contribution in [2.24, 2.45) is 17.8 Å². The summed E-state index contributed by atoms with van der Waals surface area (Å²) < 4.78 is 12.5. The Kier molecular flexibility index (Phi) is 11.7. The predicted octanol–water partition coefficient (Wildman–Crippen LogP) is 3.31. The van der Waals surface area contributed by atoms with Gasteiger partial charge in [-0.15, -0.1) is 23.5 Å². The number of aromatic nitrogens is 1. The number of pyridine rings is 1. The fourth-order valence-electron chi connectivity index (χ4n) is 6.91. The topological polar surface area (TPSA) is 133 Å². The van der Waals surface area contributed by atoms with Crippen molar-refractivity contribution in [3.05, 3.63) is 48.8 Å². The zero-order valence-electron chi connectivity index (χ0n) is 25.9. The van der Waals surface area contributed by atoms with Gasteiger partial charge in [0.05, 0.1) is 12.1 Å². The van der Waals surface area contributed by atoms with Crippen molar-refractivity contribution < 1.29 is 29.6 Å². The fraction of sp³-hybridized carbons (Fsp3) is 0.636. The number of nitrogens with one attached hydrogen (secondary N) is 2. The number of benzene rings is 1. The molecule has 11 heteroatoms. The summed E-state index contributed by atoms with van der Waals surface area (Å²) in [5.74, 6) is 1.26. The van der Waals surface area contributed by atoms with Crippen LogP contribution in [0.3, 0.4) is 0 Å². The highest BCUT2D eigenvalue weighted by molar-refractivity contribution is 8.00. The number of hydrogen-bond donors (Lipinski definition) is 5. The van der Waals surface area contributed by atoms with Crippen molar-refractivity contribution in [1.29, 1.82) is 0 Å². The molecule has 0 radical (unpaired) electrons. The van der Waals surface area contributed by atoms with Crippen LogP contribution in [-0.4, -0.2) is 98.9 Å². The average Bonchev–Trinajstić information content (AvgIpc) is 3.31. The standard InChI is InChI=1S/C33H47N3O6S2/c1-18(2)14-20-11-13-41-30-23(15-20)17-35-26(30)32(40)36-25(31-28(38)27(37)29(39)33(42-31)43-4)19(3)44-24-9-7-21(8-10-24)22-6-5-12-34-16-22/h5-10,12,16,18-20,23,25-31,33,35,37-39H,11,13-15,17H2,1-4H3,(H,36,40)/t19-,20-,23-,25+,26-,27-,28+,29+,30+,31+,33+/m0/s1. The monoisotopic (exact) mass is 645 g/mol. The molecule has 3 saturated heterocycles. The Morgan fingerprint density at radius 2 is 1.86 bits per heavy atom. The fourth-order valence-corrected chi connectivity index (χ4v) is 8.68. The van der Waals surface area contributed by atoms with Gasteiger partial charge in [-0.05, 0) is 72.6 Å². The van der Waals surface area contributed by atoms with E-state index in [1.165, 1.54) is 11.8 Å². The largest absolute Gasteiger partial charge is 0.388 e. The Balaban J connectivity index is 1.34. The van der Waals surface area contributed by atoms with E-state index in [0.29, 0.717) is 18.4 Å².